The molecule has 0 atom stereocenters. The van der Waals surface area contributed by atoms with Crippen LogP contribution in [0.1, 0.15) is 175 Å². The van der Waals surface area contributed by atoms with Crippen molar-refractivity contribution in [2.75, 3.05) is 14.2 Å². The van der Waals surface area contributed by atoms with Gasteiger partial charge in [0.15, 0.2) is 0 Å². The fourth-order valence-corrected chi connectivity index (χ4v) is 7.32. The van der Waals surface area contributed by atoms with Crippen LogP contribution in [0, 0.1) is 24.1 Å². The number of methoxy groups -OCH3 is 2. The third-order valence-electron chi connectivity index (χ3n) is 11.3. The zero-order chi connectivity index (χ0) is 57.8. The fraction of sp³-hybridized carbons (Fsp3) is 0.393. The van der Waals surface area contributed by atoms with Gasteiger partial charge in [0, 0.05) is 9.50 Å². The Bertz CT molecular complexity index is 2670. The van der Waals surface area contributed by atoms with Gasteiger partial charge in [0.1, 0.15) is 23.4 Å². The van der Waals surface area contributed by atoms with E-state index in [1.165, 1.54) is 34.9 Å². The second kappa shape index (κ2) is 31.5. The number of aryl methyl sites for hydroxylation is 1. The summed E-state index contributed by atoms with van der Waals surface area (Å²) in [4.78, 5) is 0. The van der Waals surface area contributed by atoms with Gasteiger partial charge in [0.2, 0.25) is 0 Å². The van der Waals surface area contributed by atoms with Crippen LogP contribution in [-0.2, 0) is 17.8 Å². The monoisotopic (exact) mass is 1170 g/mol. The number of hydrogen-bond acceptors (Lipinski definition) is 3. The van der Waals surface area contributed by atoms with Gasteiger partial charge in [-0.25, -0.2) is 4.39 Å². The molecule has 75 heavy (non-hydrogen) atoms. The van der Waals surface area contributed by atoms with Gasteiger partial charge in [0.05, 0.1) is 41.0 Å². The number of nitrogens with zero attached hydrogens (tertiary/aromatic N) is 1. The standard InChI is InChI=1S/C11H16O.C10H10BrF3.C10H10ClN.C10H13ClO.C10H13Cl.C10H10F4/c1-11(2,3)9-6-5-7-10(8-9)12-4;1-6(2)7-3-4-9(11)8(5-7)10(12,13)14;1-7(2)8-3-4-10(11)9(5-8)6-12;1-7(2)8-4-5-9(11)10(6-8)12-3;1-7(2)9-4-5-10(11)8(3)6-9;1-6(2)7-3-4-9(11)8(5-7)10(12,13)14/h5-8H,1-4H3;3-6H,1-2H3;3-5,7H,1-2H3;4-7H,1-3H3;4-7H,1-3H3;3-6H,1-2H3. The summed E-state index contributed by atoms with van der Waals surface area (Å²) in [7, 11) is 3.33. The van der Waals surface area contributed by atoms with E-state index in [2.05, 4.69) is 109 Å². The van der Waals surface area contributed by atoms with E-state index in [1.807, 2.05) is 69.3 Å². The van der Waals surface area contributed by atoms with Crippen LogP contribution in [0.25, 0.3) is 0 Å². The van der Waals surface area contributed by atoms with Crippen molar-refractivity contribution in [2.24, 2.45) is 0 Å². The number of ether oxygens (including phenoxy) is 2. The van der Waals surface area contributed by atoms with Gasteiger partial charge < -0.3 is 9.47 Å². The van der Waals surface area contributed by atoms with Crippen LogP contribution in [-0.4, -0.2) is 14.2 Å². The number of halogens is 11. The Labute approximate surface area is 465 Å². The molecule has 0 radical (unpaired) electrons. The summed E-state index contributed by atoms with van der Waals surface area (Å²) in [6.07, 6.45) is -8.90. The maximum absolute atomic E-state index is 12.8. The maximum Gasteiger partial charge on any atom is 0.419 e. The van der Waals surface area contributed by atoms with E-state index in [9.17, 15) is 30.7 Å². The lowest BCUT2D eigenvalue weighted by atomic mass is 9.87. The molecule has 0 unspecified atom stereocenters. The van der Waals surface area contributed by atoms with Crippen molar-refractivity contribution < 1.29 is 40.2 Å². The number of benzene rings is 6. The van der Waals surface area contributed by atoms with Crippen molar-refractivity contribution in [3.8, 4) is 17.6 Å². The van der Waals surface area contributed by atoms with Gasteiger partial charge in [-0.15, -0.1) is 0 Å². The first-order valence-electron chi connectivity index (χ1n) is 24.3. The van der Waals surface area contributed by atoms with Gasteiger partial charge in [-0.05, 0) is 148 Å². The van der Waals surface area contributed by atoms with Crippen LogP contribution < -0.4 is 9.47 Å². The summed E-state index contributed by atoms with van der Waals surface area (Å²) in [5, 5.41) is 10.7. The lowest BCUT2D eigenvalue weighted by Crippen LogP contribution is -2.10. The summed E-state index contributed by atoms with van der Waals surface area (Å²) in [6, 6.07) is 35.3. The van der Waals surface area contributed by atoms with Crippen molar-refractivity contribution in [3.05, 3.63) is 196 Å². The third kappa shape index (κ3) is 24.0. The molecule has 0 bridgehead atoms. The Kier molecular flexibility index (Phi) is 28.7. The number of hydrogen-bond donors (Lipinski definition) is 0. The van der Waals surface area contributed by atoms with Crippen LogP contribution in [0.5, 0.6) is 11.5 Å². The number of alkyl halides is 6. The Morgan fingerprint density at radius 2 is 0.920 bits per heavy atom. The highest BCUT2D eigenvalue weighted by Gasteiger charge is 2.35. The predicted octanol–water partition coefficient (Wildman–Crippen LogP) is 22.1. The number of rotatable bonds is 7. The predicted molar refractivity (Wildman–Crippen MR) is 303 cm³/mol. The molecular weight excluding hydrogens is 1100 g/mol. The Morgan fingerprint density at radius 3 is 1.35 bits per heavy atom. The SMILES string of the molecule is CC(C)c1ccc(Br)c(C(F)(F)F)c1.CC(C)c1ccc(Cl)c(C#N)c1.CC(C)c1ccc(F)c(C(F)(F)F)c1.COc1cc(C(C)C)ccc1Cl.COc1cccc(C(C)(C)C)c1.Cc1cc(C(C)C)ccc1Cl. The van der Waals surface area contributed by atoms with E-state index in [-0.39, 0.29) is 21.7 Å². The molecule has 6 aromatic rings. The van der Waals surface area contributed by atoms with Crippen molar-refractivity contribution in [2.45, 2.75) is 144 Å². The van der Waals surface area contributed by atoms with Crippen LogP contribution in [0.2, 0.25) is 15.1 Å². The first-order chi connectivity index (χ1) is 34.6. The molecule has 6 aromatic carbocycles. The highest BCUT2D eigenvalue weighted by molar-refractivity contribution is 9.10. The molecule has 410 valence electrons. The Hall–Kier alpha value is -4.73. The van der Waals surface area contributed by atoms with Crippen molar-refractivity contribution in [3.63, 3.8) is 0 Å². The minimum Gasteiger partial charge on any atom is -0.497 e. The van der Waals surface area contributed by atoms with Gasteiger partial charge in [-0.2, -0.15) is 31.6 Å². The van der Waals surface area contributed by atoms with E-state index in [0.717, 1.165) is 39.8 Å². The van der Waals surface area contributed by atoms with Gasteiger partial charge >= 0.3 is 12.4 Å². The summed E-state index contributed by atoms with van der Waals surface area (Å²) in [5.41, 5.74) is 6.36. The van der Waals surface area contributed by atoms with Crippen LogP contribution in [0.3, 0.4) is 0 Å². The lowest BCUT2D eigenvalue weighted by molar-refractivity contribution is -0.140. The molecule has 3 nitrogen and oxygen atoms in total. The fourth-order valence-electron chi connectivity index (χ4n) is 6.38. The average Bonchev–Trinajstić information content (AvgIpc) is 3.32. The molecule has 0 amide bonds. The summed E-state index contributed by atoms with van der Waals surface area (Å²) < 4.78 is 97.3. The number of nitriles is 1. The smallest absolute Gasteiger partial charge is 0.419 e. The van der Waals surface area contributed by atoms with Crippen molar-refractivity contribution >= 4 is 50.7 Å². The molecular formula is C61H72BrCl3F7NO2. The van der Waals surface area contributed by atoms with Gasteiger partial charge in [-0.3, -0.25) is 0 Å². The zero-order valence-corrected chi connectivity index (χ0v) is 49.6. The Balaban J connectivity index is 0.000000451. The quantitative estimate of drug-likeness (QED) is 0.150. The lowest BCUT2D eigenvalue weighted by Gasteiger charge is -2.19. The van der Waals surface area contributed by atoms with Crippen LogP contribution in [0.15, 0.2) is 120 Å². The van der Waals surface area contributed by atoms with E-state index >= 15 is 0 Å². The second-order valence-corrected chi connectivity index (χ2v) is 22.1. The molecule has 0 spiro atoms. The summed E-state index contributed by atoms with van der Waals surface area (Å²) >= 11 is 20.4. The Morgan fingerprint density at radius 1 is 0.507 bits per heavy atom. The molecule has 0 aromatic heterocycles. The van der Waals surface area contributed by atoms with E-state index in [4.69, 9.17) is 49.5 Å². The van der Waals surface area contributed by atoms with E-state index in [0.29, 0.717) is 44.5 Å². The molecule has 0 N–H and O–H groups in total. The molecule has 0 aliphatic rings. The highest BCUT2D eigenvalue weighted by Crippen LogP contribution is 2.37. The second-order valence-electron chi connectivity index (χ2n) is 20.0. The van der Waals surface area contributed by atoms with Crippen molar-refractivity contribution in [1.29, 1.82) is 5.26 Å². The molecule has 0 aliphatic carbocycles. The molecule has 0 aliphatic heterocycles. The summed E-state index contributed by atoms with van der Waals surface area (Å²) in [5.74, 6) is 2.06. The third-order valence-corrected chi connectivity index (χ3v) is 13.1. The first-order valence-corrected chi connectivity index (χ1v) is 26.2. The highest BCUT2D eigenvalue weighted by atomic mass is 79.9. The van der Waals surface area contributed by atoms with E-state index < -0.39 is 29.3 Å². The maximum atomic E-state index is 12.8. The molecule has 0 heterocycles. The molecule has 0 saturated carbocycles. The van der Waals surface area contributed by atoms with E-state index in [1.54, 1.807) is 40.2 Å². The average molecular weight is 1170 g/mol. The first kappa shape index (κ1) is 68.3. The van der Waals surface area contributed by atoms with Crippen molar-refractivity contribution in [1.82, 2.24) is 0 Å². The van der Waals surface area contributed by atoms with Gasteiger partial charge in [0.25, 0.3) is 0 Å². The largest absolute Gasteiger partial charge is 0.497 e. The molecule has 14 heteroatoms. The van der Waals surface area contributed by atoms with Gasteiger partial charge in [-0.1, -0.05) is 189 Å². The minimum atomic E-state index is -4.62. The normalized spacial score (nSPS) is 11.2. The molecule has 0 fully saturated rings. The zero-order valence-electron chi connectivity index (χ0n) is 45.8. The summed E-state index contributed by atoms with van der Waals surface area (Å²) in [6.45, 7) is 28.7. The van der Waals surface area contributed by atoms with Crippen LogP contribution >= 0.6 is 50.7 Å². The minimum absolute atomic E-state index is 0.0447. The topological polar surface area (TPSA) is 42.2 Å². The molecule has 6 rings (SSSR count). The molecule has 0 saturated heterocycles. The van der Waals surface area contributed by atoms with Crippen LogP contribution in [0.4, 0.5) is 30.7 Å².